The topological polar surface area (TPSA) is 92.8 Å². The number of ether oxygens (including phenoxy) is 6. The zero-order valence-corrected chi connectivity index (χ0v) is 15.9. The van der Waals surface area contributed by atoms with Gasteiger partial charge in [0.15, 0.2) is 6.29 Å². The van der Waals surface area contributed by atoms with Gasteiger partial charge in [-0.2, -0.15) is 0 Å². The molecule has 9 nitrogen and oxygen atoms in total. The van der Waals surface area contributed by atoms with Gasteiger partial charge in [-0.3, -0.25) is 0 Å². The summed E-state index contributed by atoms with van der Waals surface area (Å²) in [5, 5.41) is 0. The van der Waals surface area contributed by atoms with E-state index in [1.807, 2.05) is 0 Å². The molecule has 0 radical (unpaired) electrons. The highest BCUT2D eigenvalue weighted by Crippen LogP contribution is 2.36. The highest BCUT2D eigenvalue weighted by atomic mass is 16.7. The Balaban J connectivity index is 2.66. The van der Waals surface area contributed by atoms with E-state index in [1.165, 1.54) is 40.4 Å². The van der Waals surface area contributed by atoms with Crippen molar-refractivity contribution in [3.63, 3.8) is 0 Å². The van der Waals surface area contributed by atoms with Crippen LogP contribution in [0.15, 0.2) is 29.5 Å². The number of carbonyl (C=O) groups is 2. The maximum atomic E-state index is 12.5. The summed E-state index contributed by atoms with van der Waals surface area (Å²) in [5.41, 5.74) is 1.21. The molecule has 0 bridgehead atoms. The van der Waals surface area contributed by atoms with Crippen molar-refractivity contribution in [1.82, 2.24) is 0 Å². The third-order valence-electron chi connectivity index (χ3n) is 4.04. The van der Waals surface area contributed by atoms with Crippen LogP contribution in [-0.4, -0.2) is 60.8 Å². The molecule has 0 fully saturated rings. The zero-order valence-electron chi connectivity index (χ0n) is 15.9. The molecule has 148 valence electrons. The molecule has 0 saturated heterocycles. The number of hydrogen-bond donors (Lipinski definition) is 0. The lowest BCUT2D eigenvalue weighted by molar-refractivity contribution is -0.140. The van der Waals surface area contributed by atoms with Crippen molar-refractivity contribution >= 4 is 17.6 Å². The standard InChI is InChI=1S/C18H23NO8/c1-22-11-6-7-14(12(8-11)18(25-4)26-5)19-10-27-9-13(16(20)23-2)15(19)17(21)24-3/h6-8,18H,9-10H2,1-5H3. The Morgan fingerprint density at radius 2 is 1.70 bits per heavy atom. The quantitative estimate of drug-likeness (QED) is 0.513. The van der Waals surface area contributed by atoms with Crippen LogP contribution >= 0.6 is 0 Å². The van der Waals surface area contributed by atoms with Crippen LogP contribution in [0.25, 0.3) is 0 Å². The summed E-state index contributed by atoms with van der Waals surface area (Å²) in [6.45, 7) is -0.0541. The van der Waals surface area contributed by atoms with Crippen molar-refractivity contribution in [2.24, 2.45) is 0 Å². The fraction of sp³-hybridized carbons (Fsp3) is 0.444. The van der Waals surface area contributed by atoms with Gasteiger partial charge in [-0.1, -0.05) is 0 Å². The minimum absolute atomic E-state index is 0.0183. The largest absolute Gasteiger partial charge is 0.497 e. The lowest BCUT2D eigenvalue weighted by Crippen LogP contribution is -2.39. The van der Waals surface area contributed by atoms with Crippen molar-refractivity contribution in [2.75, 3.05) is 53.8 Å². The van der Waals surface area contributed by atoms with Gasteiger partial charge in [0.1, 0.15) is 18.2 Å². The van der Waals surface area contributed by atoms with E-state index in [0.717, 1.165) is 0 Å². The van der Waals surface area contributed by atoms with Gasteiger partial charge in [0.2, 0.25) is 0 Å². The minimum Gasteiger partial charge on any atom is -0.497 e. The first-order chi connectivity index (χ1) is 13.0. The van der Waals surface area contributed by atoms with E-state index in [1.54, 1.807) is 18.2 Å². The number of carbonyl (C=O) groups excluding carboxylic acids is 2. The van der Waals surface area contributed by atoms with Gasteiger partial charge in [0, 0.05) is 19.8 Å². The first kappa shape index (κ1) is 20.7. The summed E-state index contributed by atoms with van der Waals surface area (Å²) in [6.07, 6.45) is -0.738. The molecule has 0 aromatic heterocycles. The normalized spacial score (nSPS) is 14.4. The van der Waals surface area contributed by atoms with Crippen LogP contribution in [0, 0.1) is 0 Å². The second-order valence-corrected chi connectivity index (χ2v) is 5.44. The molecule has 0 saturated carbocycles. The van der Waals surface area contributed by atoms with Gasteiger partial charge in [-0.15, -0.1) is 0 Å². The molecule has 0 aliphatic carbocycles. The van der Waals surface area contributed by atoms with Crippen LogP contribution in [0.5, 0.6) is 5.75 Å². The number of rotatable bonds is 7. The third-order valence-corrected chi connectivity index (χ3v) is 4.04. The molecule has 0 atom stereocenters. The number of nitrogens with zero attached hydrogens (tertiary/aromatic N) is 1. The Hall–Kier alpha value is -2.62. The van der Waals surface area contributed by atoms with E-state index in [0.29, 0.717) is 17.0 Å². The number of benzene rings is 1. The van der Waals surface area contributed by atoms with Crippen molar-refractivity contribution < 1.29 is 38.0 Å². The van der Waals surface area contributed by atoms with Crippen molar-refractivity contribution in [1.29, 1.82) is 0 Å². The van der Waals surface area contributed by atoms with Gasteiger partial charge in [-0.05, 0) is 18.2 Å². The second-order valence-electron chi connectivity index (χ2n) is 5.44. The summed E-state index contributed by atoms with van der Waals surface area (Å²) in [5.74, 6) is -0.792. The Bertz CT molecular complexity index is 726. The van der Waals surface area contributed by atoms with Gasteiger partial charge < -0.3 is 33.3 Å². The molecule has 27 heavy (non-hydrogen) atoms. The average molecular weight is 381 g/mol. The summed E-state index contributed by atoms with van der Waals surface area (Å²) < 4.78 is 31.2. The third kappa shape index (κ3) is 4.21. The molecule has 1 aliphatic heterocycles. The van der Waals surface area contributed by atoms with E-state index >= 15 is 0 Å². The van der Waals surface area contributed by atoms with Gasteiger partial charge in [0.05, 0.1) is 39.2 Å². The van der Waals surface area contributed by atoms with Crippen LogP contribution in [0.3, 0.4) is 0 Å². The van der Waals surface area contributed by atoms with E-state index in [9.17, 15) is 9.59 Å². The van der Waals surface area contributed by atoms with E-state index in [4.69, 9.17) is 28.4 Å². The Kier molecular flexibility index (Phi) is 7.17. The molecule has 0 N–H and O–H groups in total. The minimum atomic E-state index is -0.738. The Morgan fingerprint density at radius 1 is 1.04 bits per heavy atom. The zero-order chi connectivity index (χ0) is 20.0. The number of esters is 2. The smallest absolute Gasteiger partial charge is 0.355 e. The van der Waals surface area contributed by atoms with Crippen molar-refractivity contribution in [3.05, 3.63) is 35.0 Å². The maximum Gasteiger partial charge on any atom is 0.355 e. The maximum absolute atomic E-state index is 12.5. The molecule has 2 rings (SSSR count). The second kappa shape index (κ2) is 9.36. The molecule has 0 unspecified atom stereocenters. The van der Waals surface area contributed by atoms with Crippen LogP contribution < -0.4 is 9.64 Å². The summed E-state index contributed by atoms with van der Waals surface area (Å²) in [6, 6.07) is 5.14. The Morgan fingerprint density at radius 3 is 2.26 bits per heavy atom. The molecule has 0 amide bonds. The predicted molar refractivity (Wildman–Crippen MR) is 94.1 cm³/mol. The fourth-order valence-corrected chi connectivity index (χ4v) is 2.78. The van der Waals surface area contributed by atoms with Crippen LogP contribution in [0.1, 0.15) is 11.9 Å². The molecule has 1 aromatic rings. The van der Waals surface area contributed by atoms with E-state index in [2.05, 4.69) is 0 Å². The molecule has 1 aromatic carbocycles. The van der Waals surface area contributed by atoms with Crippen molar-refractivity contribution in [3.8, 4) is 5.75 Å². The SMILES string of the molecule is COC(=O)C1=C(C(=O)OC)N(c2ccc(OC)cc2C(OC)OC)COC1. The summed E-state index contributed by atoms with van der Waals surface area (Å²) in [7, 11) is 6.97. The Labute approximate surface area is 157 Å². The monoisotopic (exact) mass is 381 g/mol. The lowest BCUT2D eigenvalue weighted by atomic mass is 10.1. The highest BCUT2D eigenvalue weighted by molar-refractivity contribution is 6.03. The highest BCUT2D eigenvalue weighted by Gasteiger charge is 2.34. The number of methoxy groups -OCH3 is 5. The number of hydrogen-bond acceptors (Lipinski definition) is 9. The molecular formula is C18H23NO8. The van der Waals surface area contributed by atoms with E-state index < -0.39 is 18.2 Å². The summed E-state index contributed by atoms with van der Waals surface area (Å²) in [4.78, 5) is 26.1. The molecule has 9 heteroatoms. The van der Waals surface area contributed by atoms with Crippen LogP contribution in [-0.2, 0) is 33.3 Å². The van der Waals surface area contributed by atoms with Gasteiger partial charge in [0.25, 0.3) is 0 Å². The van der Waals surface area contributed by atoms with E-state index in [-0.39, 0.29) is 24.6 Å². The average Bonchev–Trinajstić information content (AvgIpc) is 2.72. The predicted octanol–water partition coefficient (Wildman–Crippen LogP) is 1.38. The van der Waals surface area contributed by atoms with Crippen LogP contribution in [0.4, 0.5) is 5.69 Å². The first-order valence-electron chi connectivity index (χ1n) is 8.00. The van der Waals surface area contributed by atoms with Crippen molar-refractivity contribution in [2.45, 2.75) is 6.29 Å². The molecule has 1 aliphatic rings. The lowest BCUT2D eigenvalue weighted by Gasteiger charge is -2.33. The molecular weight excluding hydrogens is 358 g/mol. The van der Waals surface area contributed by atoms with Gasteiger partial charge in [-0.25, -0.2) is 9.59 Å². The molecule has 1 heterocycles. The first-order valence-corrected chi connectivity index (χ1v) is 8.00. The summed E-state index contributed by atoms with van der Waals surface area (Å²) >= 11 is 0. The fourth-order valence-electron chi connectivity index (χ4n) is 2.78. The molecule has 0 spiro atoms. The number of anilines is 1. The van der Waals surface area contributed by atoms with Crippen LogP contribution in [0.2, 0.25) is 0 Å². The van der Waals surface area contributed by atoms with Gasteiger partial charge >= 0.3 is 11.9 Å².